The minimum atomic E-state index is -0.740. The number of Topliss-reactive ketones (excluding diaryl/α,β-unsaturated/α-hetero) is 1. The Bertz CT molecular complexity index is 1340. The maximum Gasteiger partial charge on any atom is 0.417 e. The smallest absolute Gasteiger partial charge is 0.417 e. The van der Waals surface area contributed by atoms with Crippen molar-refractivity contribution in [2.75, 3.05) is 46.0 Å². The summed E-state index contributed by atoms with van der Waals surface area (Å²) >= 11 is 0. The molecule has 3 aliphatic carbocycles. The van der Waals surface area contributed by atoms with Crippen molar-refractivity contribution in [1.82, 2.24) is 9.80 Å². The molecule has 246 valence electrons. The summed E-state index contributed by atoms with van der Waals surface area (Å²) in [4.78, 5) is 44.8. The number of ether oxygens (including phenoxy) is 3. The molecule has 0 spiro atoms. The van der Waals surface area contributed by atoms with Gasteiger partial charge in [-0.15, -0.1) is 6.58 Å². The van der Waals surface area contributed by atoms with Gasteiger partial charge in [0.2, 0.25) is 0 Å². The second kappa shape index (κ2) is 12.1. The van der Waals surface area contributed by atoms with E-state index in [1.54, 1.807) is 18.2 Å². The molecule has 0 unspecified atom stereocenters. The number of ketones is 1. The quantitative estimate of drug-likeness (QED) is 0.447. The number of fused-ring (bicyclic) bond motifs is 1. The first-order chi connectivity index (χ1) is 21.4. The minimum absolute atomic E-state index is 0.103. The summed E-state index contributed by atoms with van der Waals surface area (Å²) in [5.41, 5.74) is -0.398. The largest absolute Gasteiger partial charge is 0.492 e. The Labute approximate surface area is 267 Å². The molecule has 3 saturated carbocycles. The molecule has 1 aromatic rings. The minimum Gasteiger partial charge on any atom is -0.492 e. The third-order valence-electron chi connectivity index (χ3n) is 12.7. The van der Waals surface area contributed by atoms with Gasteiger partial charge in [0.15, 0.2) is 0 Å². The summed E-state index contributed by atoms with van der Waals surface area (Å²) in [6, 6.07) is 5.42. The second-order valence-corrected chi connectivity index (χ2v) is 14.8. The summed E-state index contributed by atoms with van der Waals surface area (Å²) in [7, 11) is 0. The Hall–Kier alpha value is -2.75. The Kier molecular flexibility index (Phi) is 8.67. The molecule has 6 rings (SSSR count). The number of imide groups is 1. The van der Waals surface area contributed by atoms with E-state index in [2.05, 4.69) is 32.3 Å². The van der Waals surface area contributed by atoms with Crippen LogP contribution in [0.3, 0.4) is 0 Å². The lowest BCUT2D eigenvalue weighted by atomic mass is 9.44. The van der Waals surface area contributed by atoms with E-state index in [9.17, 15) is 19.5 Å². The van der Waals surface area contributed by atoms with Crippen LogP contribution in [-0.2, 0) is 20.7 Å². The Morgan fingerprint density at radius 2 is 1.89 bits per heavy atom. The highest BCUT2D eigenvalue weighted by molar-refractivity contribution is 6.05. The lowest BCUT2D eigenvalue weighted by Gasteiger charge is -2.61. The standard InChI is InChI=1S/C36H50N2O7/c1-6-34(4)22-29(35(5)23(2)9-12-36(24(3)31(34)40)13-10-28(39)30(35)36)45-33(42)38-14-11-25-21-26(7-8-27(25)32(38)41)44-20-17-37-15-18-43-19-16-37/h6-8,21,23-24,29-31,40H,1,9-20,22H2,2-5H3/t23-,24+,29-,30+,31+,34-,35+,36+/m1/s1. The van der Waals surface area contributed by atoms with Crippen LogP contribution in [0.5, 0.6) is 5.75 Å². The van der Waals surface area contributed by atoms with Gasteiger partial charge >= 0.3 is 6.09 Å². The SMILES string of the molecule is C=C[C@]1(C)C[C@@H](OC(=O)N2CCc3cc(OCCN4CCOCC4)ccc3C2=O)[C@]2(C)[C@H](C)CC[C@]3(CCC(=O)[C@H]32)[C@@H](C)[C@@H]1O. The van der Waals surface area contributed by atoms with Crippen molar-refractivity contribution in [2.45, 2.75) is 78.4 Å². The molecule has 0 aromatic heterocycles. The van der Waals surface area contributed by atoms with Gasteiger partial charge in [-0.3, -0.25) is 14.5 Å². The zero-order valence-electron chi connectivity index (χ0n) is 27.4. The molecule has 1 aromatic carbocycles. The van der Waals surface area contributed by atoms with Gasteiger partial charge in [0, 0.05) is 54.9 Å². The first-order valence-corrected chi connectivity index (χ1v) is 16.9. The van der Waals surface area contributed by atoms with Crippen LogP contribution in [0.2, 0.25) is 0 Å². The van der Waals surface area contributed by atoms with Crippen molar-refractivity contribution in [2.24, 2.45) is 34.0 Å². The first kappa shape index (κ1) is 32.2. The van der Waals surface area contributed by atoms with Gasteiger partial charge in [0.1, 0.15) is 24.2 Å². The normalized spacial score (nSPS) is 38.5. The van der Waals surface area contributed by atoms with Crippen LogP contribution in [0.4, 0.5) is 4.79 Å². The topological polar surface area (TPSA) is 106 Å². The fourth-order valence-corrected chi connectivity index (χ4v) is 9.53. The van der Waals surface area contributed by atoms with E-state index in [-0.39, 0.29) is 41.4 Å². The molecule has 9 heteroatoms. The van der Waals surface area contributed by atoms with Crippen molar-refractivity contribution in [3.63, 3.8) is 0 Å². The zero-order chi connectivity index (χ0) is 32.1. The van der Waals surface area contributed by atoms with Crippen molar-refractivity contribution < 1.29 is 33.7 Å². The van der Waals surface area contributed by atoms with E-state index in [0.717, 1.165) is 57.7 Å². The Morgan fingerprint density at radius 1 is 1.13 bits per heavy atom. The number of aliphatic hydroxyl groups excluding tert-OH is 1. The fourth-order valence-electron chi connectivity index (χ4n) is 9.53. The molecule has 1 saturated heterocycles. The van der Waals surface area contributed by atoms with E-state index < -0.39 is 29.1 Å². The number of morpholine rings is 1. The molecule has 2 amide bonds. The Balaban J connectivity index is 1.21. The van der Waals surface area contributed by atoms with Crippen LogP contribution < -0.4 is 4.74 Å². The number of carbonyl (C=O) groups excluding carboxylic acids is 3. The fraction of sp³-hybridized carbons (Fsp3) is 0.694. The number of amides is 2. The van der Waals surface area contributed by atoms with Crippen LogP contribution in [0.25, 0.3) is 0 Å². The zero-order valence-corrected chi connectivity index (χ0v) is 27.4. The molecular formula is C36H50N2O7. The molecule has 5 aliphatic rings. The van der Waals surface area contributed by atoms with E-state index in [4.69, 9.17) is 14.2 Å². The number of carbonyl (C=O) groups is 3. The van der Waals surface area contributed by atoms with Crippen molar-refractivity contribution in [3.8, 4) is 5.75 Å². The third-order valence-corrected chi connectivity index (χ3v) is 12.7. The van der Waals surface area contributed by atoms with E-state index in [1.165, 1.54) is 4.90 Å². The highest BCUT2D eigenvalue weighted by Gasteiger charge is 2.68. The Morgan fingerprint density at radius 3 is 2.62 bits per heavy atom. The van der Waals surface area contributed by atoms with E-state index in [0.29, 0.717) is 37.2 Å². The molecule has 2 bridgehead atoms. The number of nitrogens with zero attached hydrogens (tertiary/aromatic N) is 2. The first-order valence-electron chi connectivity index (χ1n) is 16.9. The molecule has 45 heavy (non-hydrogen) atoms. The lowest BCUT2D eigenvalue weighted by molar-refractivity contribution is -0.192. The highest BCUT2D eigenvalue weighted by Crippen LogP contribution is 2.68. The van der Waals surface area contributed by atoms with Crippen LogP contribution in [0, 0.1) is 34.0 Å². The highest BCUT2D eigenvalue weighted by atomic mass is 16.6. The van der Waals surface area contributed by atoms with Crippen LogP contribution >= 0.6 is 0 Å². The number of rotatable bonds is 6. The van der Waals surface area contributed by atoms with Crippen LogP contribution in [-0.4, -0.2) is 90.9 Å². The predicted molar refractivity (Wildman–Crippen MR) is 169 cm³/mol. The molecule has 8 atom stereocenters. The molecule has 2 aliphatic heterocycles. The number of hydrogen-bond acceptors (Lipinski definition) is 8. The third kappa shape index (κ3) is 5.32. The van der Waals surface area contributed by atoms with Gasteiger partial charge in [0.25, 0.3) is 5.91 Å². The van der Waals surface area contributed by atoms with Crippen molar-refractivity contribution in [1.29, 1.82) is 0 Å². The van der Waals surface area contributed by atoms with Crippen molar-refractivity contribution >= 4 is 17.8 Å². The van der Waals surface area contributed by atoms with Gasteiger partial charge in [-0.05, 0) is 73.1 Å². The summed E-state index contributed by atoms with van der Waals surface area (Å²) in [5, 5.41) is 11.8. The monoisotopic (exact) mass is 622 g/mol. The molecule has 0 radical (unpaired) electrons. The molecule has 1 N–H and O–H groups in total. The average Bonchev–Trinajstić information content (AvgIpc) is 3.39. The maximum absolute atomic E-state index is 13.9. The predicted octanol–water partition coefficient (Wildman–Crippen LogP) is 4.90. The summed E-state index contributed by atoms with van der Waals surface area (Å²) in [6.07, 6.45) is 3.50. The van der Waals surface area contributed by atoms with E-state index >= 15 is 0 Å². The van der Waals surface area contributed by atoms with Gasteiger partial charge in [0.05, 0.1) is 19.3 Å². The number of aliphatic hydroxyl groups is 1. The second-order valence-electron chi connectivity index (χ2n) is 14.8. The summed E-state index contributed by atoms with van der Waals surface area (Å²) < 4.78 is 17.8. The van der Waals surface area contributed by atoms with Crippen LogP contribution in [0.1, 0.15) is 75.7 Å². The van der Waals surface area contributed by atoms with Gasteiger partial charge in [-0.2, -0.15) is 0 Å². The van der Waals surface area contributed by atoms with Crippen LogP contribution in [0.15, 0.2) is 30.9 Å². The molecule has 2 heterocycles. The van der Waals surface area contributed by atoms with E-state index in [1.807, 2.05) is 13.0 Å². The molecular weight excluding hydrogens is 572 g/mol. The summed E-state index contributed by atoms with van der Waals surface area (Å²) in [5.74, 6) is 0.226. The molecule has 4 fully saturated rings. The van der Waals surface area contributed by atoms with Gasteiger partial charge < -0.3 is 19.3 Å². The maximum atomic E-state index is 13.9. The number of hydrogen-bond donors (Lipinski definition) is 1. The molecule has 9 nitrogen and oxygen atoms in total. The van der Waals surface area contributed by atoms with Gasteiger partial charge in [-0.1, -0.05) is 33.8 Å². The van der Waals surface area contributed by atoms with Gasteiger partial charge in [-0.25, -0.2) is 9.69 Å². The number of benzene rings is 1. The lowest BCUT2D eigenvalue weighted by Crippen LogP contribution is -2.63. The average molecular weight is 623 g/mol. The summed E-state index contributed by atoms with van der Waals surface area (Å²) in [6.45, 7) is 17.3. The van der Waals surface area contributed by atoms with Crippen molar-refractivity contribution in [3.05, 3.63) is 42.0 Å².